The minimum Gasteiger partial charge on any atom is -0.497 e. The fourth-order valence-electron chi connectivity index (χ4n) is 2.62. The van der Waals surface area contributed by atoms with E-state index in [2.05, 4.69) is 10.6 Å². The predicted molar refractivity (Wildman–Crippen MR) is 108 cm³/mol. The van der Waals surface area contributed by atoms with E-state index < -0.39 is 0 Å². The van der Waals surface area contributed by atoms with Crippen molar-refractivity contribution in [2.24, 2.45) is 0 Å². The van der Waals surface area contributed by atoms with Crippen LogP contribution in [0.4, 0.5) is 11.4 Å². The first kappa shape index (κ1) is 20.5. The maximum atomic E-state index is 12.4. The number of carbonyl (C=O) groups is 2. The van der Waals surface area contributed by atoms with Gasteiger partial charge < -0.3 is 15.4 Å². The highest BCUT2D eigenvalue weighted by atomic mass is 16.5. The lowest BCUT2D eigenvalue weighted by Crippen LogP contribution is -2.38. The average molecular weight is 369 g/mol. The number of amides is 2. The molecule has 0 aliphatic rings. The number of anilines is 2. The van der Waals surface area contributed by atoms with Crippen molar-refractivity contribution in [2.45, 2.75) is 20.8 Å². The SMILES string of the molecule is CCN(CC(=O)Nc1ccc(OC)cc1)CC(=O)Nc1cc(C)ccc1C. The number of hydrogen-bond donors (Lipinski definition) is 2. The molecule has 0 spiro atoms. The predicted octanol–water partition coefficient (Wildman–Crippen LogP) is 3.21. The van der Waals surface area contributed by atoms with Crippen LogP contribution in [-0.4, -0.2) is 43.5 Å². The van der Waals surface area contributed by atoms with Crippen molar-refractivity contribution >= 4 is 23.2 Å². The second-order valence-corrected chi connectivity index (χ2v) is 6.45. The van der Waals surface area contributed by atoms with Gasteiger partial charge in [0.2, 0.25) is 11.8 Å². The molecular formula is C21H27N3O3. The summed E-state index contributed by atoms with van der Waals surface area (Å²) in [6.07, 6.45) is 0. The first-order chi connectivity index (χ1) is 12.9. The zero-order valence-corrected chi connectivity index (χ0v) is 16.3. The molecule has 0 aliphatic carbocycles. The molecule has 2 amide bonds. The first-order valence-corrected chi connectivity index (χ1v) is 8.94. The molecule has 2 N–H and O–H groups in total. The normalized spacial score (nSPS) is 10.6. The Morgan fingerprint density at radius 2 is 1.59 bits per heavy atom. The maximum Gasteiger partial charge on any atom is 0.238 e. The summed E-state index contributed by atoms with van der Waals surface area (Å²) in [5, 5.41) is 5.75. The Balaban J connectivity index is 1.88. The van der Waals surface area contributed by atoms with Crippen LogP contribution in [0.3, 0.4) is 0 Å². The summed E-state index contributed by atoms with van der Waals surface area (Å²) >= 11 is 0. The summed E-state index contributed by atoms with van der Waals surface area (Å²) in [6.45, 7) is 6.75. The van der Waals surface area contributed by atoms with Crippen molar-refractivity contribution in [2.75, 3.05) is 37.4 Å². The quantitative estimate of drug-likeness (QED) is 0.750. The van der Waals surface area contributed by atoms with Gasteiger partial charge in [0.05, 0.1) is 20.2 Å². The Kier molecular flexibility index (Phi) is 7.37. The van der Waals surface area contributed by atoms with Crippen molar-refractivity contribution < 1.29 is 14.3 Å². The standard InChI is InChI=1S/C21H27N3O3/c1-5-24(13-20(25)22-17-8-10-18(27-4)11-9-17)14-21(26)23-19-12-15(2)6-7-16(19)3/h6-12H,5,13-14H2,1-4H3,(H,22,25)(H,23,26). The lowest BCUT2D eigenvalue weighted by Gasteiger charge is -2.20. The fourth-order valence-corrected chi connectivity index (χ4v) is 2.62. The van der Waals surface area contributed by atoms with E-state index in [1.54, 1.807) is 36.3 Å². The number of rotatable bonds is 8. The average Bonchev–Trinajstić information content (AvgIpc) is 2.64. The molecule has 0 unspecified atom stereocenters. The molecule has 6 heteroatoms. The van der Waals surface area contributed by atoms with Crippen LogP contribution < -0.4 is 15.4 Å². The molecule has 2 rings (SSSR count). The Morgan fingerprint density at radius 3 is 2.19 bits per heavy atom. The van der Waals surface area contributed by atoms with E-state index in [1.165, 1.54) is 0 Å². The number of ether oxygens (including phenoxy) is 1. The van der Waals surface area contributed by atoms with Crippen molar-refractivity contribution in [1.29, 1.82) is 0 Å². The Hall–Kier alpha value is -2.86. The molecule has 0 saturated heterocycles. The van der Waals surface area contributed by atoms with Gasteiger partial charge >= 0.3 is 0 Å². The van der Waals surface area contributed by atoms with Crippen molar-refractivity contribution in [3.05, 3.63) is 53.6 Å². The zero-order chi connectivity index (χ0) is 19.8. The Bertz CT molecular complexity index is 788. The van der Waals surface area contributed by atoms with E-state index >= 15 is 0 Å². The molecule has 0 heterocycles. The van der Waals surface area contributed by atoms with Gasteiger partial charge in [-0.2, -0.15) is 0 Å². The van der Waals surface area contributed by atoms with Crippen LogP contribution in [0, 0.1) is 13.8 Å². The van der Waals surface area contributed by atoms with Gasteiger partial charge in [-0.25, -0.2) is 0 Å². The second-order valence-electron chi connectivity index (χ2n) is 6.45. The van der Waals surface area contributed by atoms with Crippen LogP contribution in [0.1, 0.15) is 18.1 Å². The van der Waals surface area contributed by atoms with Crippen molar-refractivity contribution in [1.82, 2.24) is 4.90 Å². The zero-order valence-electron chi connectivity index (χ0n) is 16.3. The Morgan fingerprint density at radius 1 is 0.963 bits per heavy atom. The summed E-state index contributed by atoms with van der Waals surface area (Å²) in [6, 6.07) is 13.0. The summed E-state index contributed by atoms with van der Waals surface area (Å²) in [4.78, 5) is 26.4. The van der Waals surface area contributed by atoms with Gasteiger partial charge in [0.25, 0.3) is 0 Å². The maximum absolute atomic E-state index is 12.4. The number of benzene rings is 2. The third-order valence-electron chi connectivity index (χ3n) is 4.22. The number of aryl methyl sites for hydroxylation is 2. The minimum atomic E-state index is -0.165. The van der Waals surface area contributed by atoms with Crippen LogP contribution in [0.2, 0.25) is 0 Å². The topological polar surface area (TPSA) is 70.7 Å². The largest absolute Gasteiger partial charge is 0.497 e. The number of nitrogens with zero attached hydrogens (tertiary/aromatic N) is 1. The summed E-state index contributed by atoms with van der Waals surface area (Å²) in [5.41, 5.74) is 3.59. The summed E-state index contributed by atoms with van der Waals surface area (Å²) < 4.78 is 5.10. The number of nitrogens with one attached hydrogen (secondary N) is 2. The molecule has 0 radical (unpaired) electrons. The van der Waals surface area contributed by atoms with Crippen LogP contribution in [0.15, 0.2) is 42.5 Å². The van der Waals surface area contributed by atoms with E-state index in [4.69, 9.17) is 4.74 Å². The molecule has 27 heavy (non-hydrogen) atoms. The van der Waals surface area contributed by atoms with E-state index in [9.17, 15) is 9.59 Å². The van der Waals surface area contributed by atoms with Gasteiger partial charge in [-0.1, -0.05) is 19.1 Å². The van der Waals surface area contributed by atoms with Crippen LogP contribution >= 0.6 is 0 Å². The lowest BCUT2D eigenvalue weighted by atomic mass is 10.1. The molecule has 6 nitrogen and oxygen atoms in total. The highest BCUT2D eigenvalue weighted by Gasteiger charge is 2.14. The summed E-state index contributed by atoms with van der Waals surface area (Å²) in [7, 11) is 1.59. The third kappa shape index (κ3) is 6.42. The molecule has 0 atom stereocenters. The first-order valence-electron chi connectivity index (χ1n) is 8.94. The molecule has 0 saturated carbocycles. The fraction of sp³-hybridized carbons (Fsp3) is 0.333. The van der Waals surface area contributed by atoms with Gasteiger partial charge in [0.1, 0.15) is 5.75 Å². The number of methoxy groups -OCH3 is 1. The molecule has 0 fully saturated rings. The van der Waals surface area contributed by atoms with Gasteiger partial charge in [-0.3, -0.25) is 14.5 Å². The number of carbonyl (C=O) groups excluding carboxylic acids is 2. The molecule has 144 valence electrons. The van der Waals surface area contributed by atoms with Gasteiger partial charge in [0.15, 0.2) is 0 Å². The number of hydrogen-bond acceptors (Lipinski definition) is 4. The van der Waals surface area contributed by atoms with Gasteiger partial charge in [0, 0.05) is 11.4 Å². The van der Waals surface area contributed by atoms with E-state index in [0.717, 1.165) is 22.6 Å². The third-order valence-corrected chi connectivity index (χ3v) is 4.22. The van der Waals surface area contributed by atoms with Crippen molar-refractivity contribution in [3.63, 3.8) is 0 Å². The number of likely N-dealkylation sites (N-methyl/N-ethyl adjacent to an activating group) is 1. The van der Waals surface area contributed by atoms with E-state index in [-0.39, 0.29) is 24.9 Å². The van der Waals surface area contributed by atoms with Crippen LogP contribution in [0.5, 0.6) is 5.75 Å². The molecule has 2 aromatic rings. The monoisotopic (exact) mass is 369 g/mol. The second kappa shape index (κ2) is 9.73. The smallest absolute Gasteiger partial charge is 0.238 e. The highest BCUT2D eigenvalue weighted by molar-refractivity contribution is 5.95. The molecular weight excluding hydrogens is 342 g/mol. The van der Waals surface area contributed by atoms with Crippen LogP contribution in [0.25, 0.3) is 0 Å². The molecule has 0 bridgehead atoms. The molecule has 0 aliphatic heterocycles. The van der Waals surface area contributed by atoms with Gasteiger partial charge in [-0.05, 0) is 61.9 Å². The Labute approximate surface area is 160 Å². The highest BCUT2D eigenvalue weighted by Crippen LogP contribution is 2.17. The molecule has 2 aromatic carbocycles. The minimum absolute atomic E-state index is 0.136. The molecule has 0 aromatic heterocycles. The van der Waals surface area contributed by atoms with E-state index in [0.29, 0.717) is 12.2 Å². The van der Waals surface area contributed by atoms with Crippen molar-refractivity contribution in [3.8, 4) is 5.75 Å². The van der Waals surface area contributed by atoms with Crippen LogP contribution in [-0.2, 0) is 9.59 Å². The van der Waals surface area contributed by atoms with Gasteiger partial charge in [-0.15, -0.1) is 0 Å². The van der Waals surface area contributed by atoms with E-state index in [1.807, 2.05) is 39.0 Å². The summed E-state index contributed by atoms with van der Waals surface area (Å²) in [5.74, 6) is 0.427. The lowest BCUT2D eigenvalue weighted by molar-refractivity contribution is -0.119.